The molecule has 0 aliphatic heterocycles. The topological polar surface area (TPSA) is 92.5 Å². The second-order valence-corrected chi connectivity index (χ2v) is 5.54. The highest BCUT2D eigenvalue weighted by atomic mass is 16.6. The number of aromatic carboxylic acids is 1. The molecule has 0 spiro atoms. The van der Waals surface area contributed by atoms with Crippen LogP contribution in [0.5, 0.6) is 0 Å². The molecule has 0 amide bonds. The summed E-state index contributed by atoms with van der Waals surface area (Å²) in [6.45, 7) is 2.10. The third kappa shape index (κ3) is 3.07. The van der Waals surface area contributed by atoms with E-state index in [4.69, 9.17) is 5.11 Å². The molecule has 6 nitrogen and oxygen atoms in total. The number of benzene rings is 1. The van der Waals surface area contributed by atoms with Gasteiger partial charge in [0.1, 0.15) is 5.56 Å². The van der Waals surface area contributed by atoms with Crippen molar-refractivity contribution in [3.05, 3.63) is 33.9 Å². The van der Waals surface area contributed by atoms with E-state index in [1.807, 2.05) is 0 Å². The van der Waals surface area contributed by atoms with Gasteiger partial charge in [-0.1, -0.05) is 19.3 Å². The van der Waals surface area contributed by atoms with Crippen LogP contribution in [-0.2, 0) is 0 Å². The Balaban J connectivity index is 2.27. The molecule has 0 radical (unpaired) electrons. The van der Waals surface area contributed by atoms with Crippen LogP contribution in [0.2, 0.25) is 0 Å². The number of hydrogen-bond acceptors (Lipinski definition) is 4. The van der Waals surface area contributed by atoms with Crippen molar-refractivity contribution in [1.82, 2.24) is 0 Å². The Bertz CT molecular complexity index is 536. The van der Waals surface area contributed by atoms with Crippen LogP contribution in [-0.4, -0.2) is 21.5 Å². The van der Waals surface area contributed by atoms with Gasteiger partial charge in [-0.05, 0) is 31.9 Å². The first-order valence-corrected chi connectivity index (χ1v) is 6.71. The van der Waals surface area contributed by atoms with E-state index in [2.05, 4.69) is 12.2 Å². The summed E-state index contributed by atoms with van der Waals surface area (Å²) in [5.74, 6) is -1.29. The quantitative estimate of drug-likeness (QED) is 0.650. The maximum absolute atomic E-state index is 11.0. The fourth-order valence-electron chi connectivity index (χ4n) is 2.75. The van der Waals surface area contributed by atoms with Gasteiger partial charge in [0.25, 0.3) is 5.69 Å². The van der Waals surface area contributed by atoms with Crippen LogP contribution in [0, 0.1) is 10.1 Å². The molecule has 0 saturated heterocycles. The third-order valence-corrected chi connectivity index (χ3v) is 3.83. The van der Waals surface area contributed by atoms with Crippen LogP contribution in [0.4, 0.5) is 11.4 Å². The van der Waals surface area contributed by atoms with Gasteiger partial charge in [0, 0.05) is 17.3 Å². The maximum atomic E-state index is 11.0. The lowest BCUT2D eigenvalue weighted by Crippen LogP contribution is -2.36. The van der Waals surface area contributed by atoms with Gasteiger partial charge in [-0.2, -0.15) is 0 Å². The summed E-state index contributed by atoms with van der Waals surface area (Å²) >= 11 is 0. The average molecular weight is 278 g/mol. The van der Waals surface area contributed by atoms with E-state index in [9.17, 15) is 14.9 Å². The van der Waals surface area contributed by atoms with Gasteiger partial charge in [-0.25, -0.2) is 4.79 Å². The van der Waals surface area contributed by atoms with Gasteiger partial charge in [-0.15, -0.1) is 0 Å². The predicted octanol–water partition coefficient (Wildman–Crippen LogP) is 3.43. The fourth-order valence-corrected chi connectivity index (χ4v) is 2.75. The number of nitro benzene ring substituents is 1. The number of carboxylic acids is 1. The first-order valence-electron chi connectivity index (χ1n) is 6.71. The van der Waals surface area contributed by atoms with Crippen LogP contribution < -0.4 is 5.32 Å². The molecule has 1 aromatic rings. The molecule has 2 N–H and O–H groups in total. The summed E-state index contributed by atoms with van der Waals surface area (Å²) in [7, 11) is 0. The maximum Gasteiger partial charge on any atom is 0.342 e. The van der Waals surface area contributed by atoms with Crippen LogP contribution in [0.3, 0.4) is 0 Å². The molecule has 0 heterocycles. The van der Waals surface area contributed by atoms with Crippen LogP contribution in [0.25, 0.3) is 0 Å². The number of anilines is 1. The smallest absolute Gasteiger partial charge is 0.342 e. The van der Waals surface area contributed by atoms with E-state index < -0.39 is 10.9 Å². The molecule has 0 unspecified atom stereocenters. The highest BCUT2D eigenvalue weighted by Gasteiger charge is 2.28. The van der Waals surface area contributed by atoms with Crippen molar-refractivity contribution >= 4 is 17.3 Å². The number of hydrogen-bond donors (Lipinski definition) is 2. The zero-order valence-corrected chi connectivity index (χ0v) is 11.4. The molecule has 20 heavy (non-hydrogen) atoms. The van der Waals surface area contributed by atoms with Crippen molar-refractivity contribution in [3.8, 4) is 0 Å². The number of nitrogens with one attached hydrogen (secondary N) is 1. The fraction of sp³-hybridized carbons (Fsp3) is 0.500. The lowest BCUT2D eigenvalue weighted by molar-refractivity contribution is -0.385. The highest BCUT2D eigenvalue weighted by Crippen LogP contribution is 2.32. The average Bonchev–Trinajstić information content (AvgIpc) is 2.38. The van der Waals surface area contributed by atoms with E-state index >= 15 is 0 Å². The molecule has 6 heteroatoms. The van der Waals surface area contributed by atoms with Gasteiger partial charge < -0.3 is 10.4 Å². The van der Waals surface area contributed by atoms with Crippen molar-refractivity contribution in [1.29, 1.82) is 0 Å². The van der Waals surface area contributed by atoms with Gasteiger partial charge in [0.2, 0.25) is 0 Å². The van der Waals surface area contributed by atoms with Crippen molar-refractivity contribution in [2.45, 2.75) is 44.6 Å². The Morgan fingerprint density at radius 3 is 2.55 bits per heavy atom. The van der Waals surface area contributed by atoms with Crippen molar-refractivity contribution in [3.63, 3.8) is 0 Å². The number of carbonyl (C=O) groups is 1. The molecule has 0 bridgehead atoms. The minimum absolute atomic E-state index is 0.0726. The van der Waals surface area contributed by atoms with Gasteiger partial charge in [0.15, 0.2) is 0 Å². The predicted molar refractivity (Wildman–Crippen MR) is 75.2 cm³/mol. The molecular weight excluding hydrogens is 260 g/mol. The first-order chi connectivity index (χ1) is 9.41. The molecule has 2 rings (SSSR count). The number of nitrogens with zero attached hydrogens (tertiary/aromatic N) is 1. The Kier molecular flexibility index (Phi) is 3.92. The van der Waals surface area contributed by atoms with Gasteiger partial charge in [0.05, 0.1) is 4.92 Å². The largest absolute Gasteiger partial charge is 0.477 e. The molecular formula is C14H18N2O4. The standard InChI is InChI=1S/C14H18N2O4/c1-14(7-3-2-4-8-14)15-10-5-6-11(13(17)18)12(9-10)16(19)20/h5-6,9,15H,2-4,7-8H2,1H3,(H,17,18). The second kappa shape index (κ2) is 5.48. The van der Waals surface area contributed by atoms with Crippen LogP contribution in [0.1, 0.15) is 49.4 Å². The molecule has 1 aliphatic carbocycles. The second-order valence-electron chi connectivity index (χ2n) is 5.54. The summed E-state index contributed by atoms with van der Waals surface area (Å²) in [4.78, 5) is 21.3. The number of rotatable bonds is 4. The highest BCUT2D eigenvalue weighted by molar-refractivity contribution is 5.93. The number of nitro groups is 1. The Morgan fingerprint density at radius 1 is 1.35 bits per heavy atom. The zero-order valence-electron chi connectivity index (χ0n) is 11.4. The molecule has 1 aromatic carbocycles. The van der Waals surface area contributed by atoms with E-state index in [0.717, 1.165) is 25.7 Å². The summed E-state index contributed by atoms with van der Waals surface area (Å²) in [5.41, 5.74) is -0.126. The molecule has 1 aliphatic rings. The van der Waals surface area contributed by atoms with Crippen molar-refractivity contribution in [2.24, 2.45) is 0 Å². The molecule has 1 saturated carbocycles. The lowest BCUT2D eigenvalue weighted by atomic mass is 9.83. The molecule has 108 valence electrons. The monoisotopic (exact) mass is 278 g/mol. The summed E-state index contributed by atoms with van der Waals surface area (Å²) in [5, 5.41) is 23.2. The first kappa shape index (κ1) is 14.3. The third-order valence-electron chi connectivity index (χ3n) is 3.83. The van der Waals surface area contributed by atoms with E-state index in [-0.39, 0.29) is 16.8 Å². The normalized spacial score (nSPS) is 17.4. The minimum atomic E-state index is -1.29. The van der Waals surface area contributed by atoms with E-state index in [1.54, 1.807) is 6.07 Å². The van der Waals surface area contributed by atoms with E-state index in [0.29, 0.717) is 5.69 Å². The molecule has 0 aromatic heterocycles. The van der Waals surface area contributed by atoms with E-state index in [1.165, 1.54) is 18.6 Å². The van der Waals surface area contributed by atoms with Crippen LogP contribution >= 0.6 is 0 Å². The van der Waals surface area contributed by atoms with Gasteiger partial charge >= 0.3 is 5.97 Å². The van der Waals surface area contributed by atoms with Crippen molar-refractivity contribution < 1.29 is 14.8 Å². The Morgan fingerprint density at radius 2 is 2.00 bits per heavy atom. The summed E-state index contributed by atoms with van der Waals surface area (Å²) in [6.07, 6.45) is 5.52. The molecule has 1 fully saturated rings. The lowest BCUT2D eigenvalue weighted by Gasteiger charge is -2.35. The van der Waals surface area contributed by atoms with Crippen LogP contribution in [0.15, 0.2) is 18.2 Å². The van der Waals surface area contributed by atoms with Gasteiger partial charge in [-0.3, -0.25) is 10.1 Å². The summed E-state index contributed by atoms with van der Waals surface area (Å²) < 4.78 is 0. The summed E-state index contributed by atoms with van der Waals surface area (Å²) in [6, 6.07) is 4.19. The Labute approximate surface area is 117 Å². The minimum Gasteiger partial charge on any atom is -0.477 e. The number of carboxylic acid groups (broad SMARTS) is 1. The molecule has 0 atom stereocenters. The van der Waals surface area contributed by atoms with Crippen molar-refractivity contribution in [2.75, 3.05) is 5.32 Å². The Hall–Kier alpha value is -2.11. The zero-order chi connectivity index (χ0) is 14.8. The SMILES string of the molecule is CC1(Nc2ccc(C(=O)O)c([N+](=O)[O-])c2)CCCCC1.